The first-order valence-electron chi connectivity index (χ1n) is 12.2. The summed E-state index contributed by atoms with van der Waals surface area (Å²) < 4.78 is 47.3. The van der Waals surface area contributed by atoms with Crippen LogP contribution in [0, 0.1) is 11.6 Å². The van der Waals surface area contributed by atoms with Crippen LogP contribution in [0.3, 0.4) is 0 Å². The molecule has 2 atom stereocenters. The number of halogens is 2. The third-order valence-electron chi connectivity index (χ3n) is 5.89. The molecule has 2 aromatic heterocycles. The smallest absolute Gasteiger partial charge is 0.407 e. The molecule has 0 spiro atoms. The van der Waals surface area contributed by atoms with E-state index in [1.165, 1.54) is 10.7 Å². The van der Waals surface area contributed by atoms with Crippen LogP contribution in [0.5, 0.6) is 5.75 Å². The summed E-state index contributed by atoms with van der Waals surface area (Å²) in [5.41, 5.74) is -0.752. The quantitative estimate of drug-likeness (QED) is 0.426. The lowest BCUT2D eigenvalue weighted by molar-refractivity contribution is 0.0447. The topological polar surface area (TPSA) is 116 Å². The van der Waals surface area contributed by atoms with Crippen LogP contribution in [0.2, 0.25) is 0 Å². The zero-order chi connectivity index (χ0) is 27.8. The molecule has 1 aliphatic heterocycles. The maximum atomic E-state index is 14.8. The van der Waals surface area contributed by atoms with E-state index in [9.17, 15) is 18.4 Å². The highest BCUT2D eigenvalue weighted by molar-refractivity contribution is 5.95. The lowest BCUT2D eigenvalue weighted by Crippen LogP contribution is -2.45. The van der Waals surface area contributed by atoms with Crippen LogP contribution in [0.15, 0.2) is 24.5 Å². The van der Waals surface area contributed by atoms with Crippen molar-refractivity contribution in [1.82, 2.24) is 19.9 Å². The van der Waals surface area contributed by atoms with Crippen LogP contribution in [0.4, 0.5) is 19.4 Å². The molecule has 1 amide bonds. The second kappa shape index (κ2) is 10.1. The zero-order valence-electron chi connectivity index (χ0n) is 22.1. The van der Waals surface area contributed by atoms with E-state index < -0.39 is 40.9 Å². The Hall–Kier alpha value is -3.96. The Morgan fingerprint density at radius 2 is 2.05 bits per heavy atom. The van der Waals surface area contributed by atoms with E-state index in [4.69, 9.17) is 14.2 Å². The third-order valence-corrected chi connectivity index (χ3v) is 5.89. The van der Waals surface area contributed by atoms with Gasteiger partial charge in [-0.1, -0.05) is 0 Å². The predicted octanol–water partition coefficient (Wildman–Crippen LogP) is 4.58. The van der Waals surface area contributed by atoms with Gasteiger partial charge in [0.15, 0.2) is 17.3 Å². The van der Waals surface area contributed by atoms with Crippen LogP contribution in [-0.2, 0) is 15.9 Å². The van der Waals surface area contributed by atoms with E-state index >= 15 is 0 Å². The molecular formula is C26H31F2N5O5. The fourth-order valence-corrected chi connectivity index (χ4v) is 4.21. The summed E-state index contributed by atoms with van der Waals surface area (Å²) in [4.78, 5) is 28.8. The highest BCUT2D eigenvalue weighted by Crippen LogP contribution is 2.43. The van der Waals surface area contributed by atoms with Crippen LogP contribution in [-0.4, -0.2) is 51.0 Å². The molecule has 0 saturated carbocycles. The summed E-state index contributed by atoms with van der Waals surface area (Å²) in [5.74, 6) is -1.97. The molecule has 4 rings (SSSR count). The van der Waals surface area contributed by atoms with Crippen LogP contribution in [0.25, 0.3) is 5.65 Å². The molecule has 1 aliphatic rings. The van der Waals surface area contributed by atoms with Crippen molar-refractivity contribution in [3.8, 4) is 5.75 Å². The van der Waals surface area contributed by atoms with E-state index in [1.54, 1.807) is 53.8 Å². The molecule has 1 aromatic carbocycles. The molecular weight excluding hydrogens is 500 g/mol. The number of nitrogens with one attached hydrogen (secondary N) is 2. The number of esters is 1. The normalized spacial score (nSPS) is 17.5. The number of benzene rings is 1. The van der Waals surface area contributed by atoms with Gasteiger partial charge in [0.25, 0.3) is 0 Å². The Balaban J connectivity index is 1.56. The van der Waals surface area contributed by atoms with Gasteiger partial charge in [0.2, 0.25) is 0 Å². The summed E-state index contributed by atoms with van der Waals surface area (Å²) in [6.45, 7) is 10.6. The number of nitrogens with zero attached hydrogens (tertiary/aromatic N) is 3. The van der Waals surface area contributed by atoms with Gasteiger partial charge in [-0.15, -0.1) is 0 Å². The predicted molar refractivity (Wildman–Crippen MR) is 134 cm³/mol. The van der Waals surface area contributed by atoms with Crippen molar-refractivity contribution in [3.05, 3.63) is 52.9 Å². The Labute approximate surface area is 218 Å². The minimum absolute atomic E-state index is 0.0228. The molecule has 0 saturated heterocycles. The second-order valence-corrected chi connectivity index (χ2v) is 10.4. The first-order chi connectivity index (χ1) is 17.8. The monoisotopic (exact) mass is 531 g/mol. The molecule has 0 radical (unpaired) electrons. The number of carbonyl (C=O) groups excluding carboxylic acids is 2. The van der Waals surface area contributed by atoms with Gasteiger partial charge >= 0.3 is 12.1 Å². The summed E-state index contributed by atoms with van der Waals surface area (Å²) in [6.07, 6.45) is 2.40. The minimum atomic E-state index is -1.02. The standard InChI is InChI=1S/C26H31F2N5O5/c1-7-36-23(34)17-12-30-33-9-8-19(32-22(17)33)31-14(2)15-10-18(27)20(28)16-11-26(6,37-21(15)16)13-29-24(35)38-25(3,4)5/h8-10,12,14H,7,11,13H2,1-6H3,(H,29,35)(H,31,32)/t14-,26?/m1/s1. The van der Waals surface area contributed by atoms with Gasteiger partial charge in [-0.3, -0.25) is 0 Å². The first kappa shape index (κ1) is 27.1. The highest BCUT2D eigenvalue weighted by atomic mass is 19.2. The molecule has 204 valence electrons. The molecule has 2 N–H and O–H groups in total. The fourth-order valence-electron chi connectivity index (χ4n) is 4.21. The molecule has 38 heavy (non-hydrogen) atoms. The van der Waals surface area contributed by atoms with Crippen molar-refractivity contribution >= 4 is 23.5 Å². The molecule has 3 aromatic rings. The van der Waals surface area contributed by atoms with E-state index in [-0.39, 0.29) is 42.1 Å². The Bertz CT molecular complexity index is 1390. The minimum Gasteiger partial charge on any atom is -0.485 e. The van der Waals surface area contributed by atoms with Gasteiger partial charge in [0.05, 0.1) is 25.4 Å². The number of anilines is 1. The second-order valence-electron chi connectivity index (χ2n) is 10.4. The molecule has 0 bridgehead atoms. The number of fused-ring (bicyclic) bond motifs is 2. The van der Waals surface area contributed by atoms with Gasteiger partial charge in [-0.05, 0) is 53.7 Å². The third kappa shape index (κ3) is 5.63. The molecule has 1 unspecified atom stereocenters. The van der Waals surface area contributed by atoms with Gasteiger partial charge in [0, 0.05) is 23.7 Å². The Morgan fingerprint density at radius 1 is 1.32 bits per heavy atom. The van der Waals surface area contributed by atoms with Crippen LogP contribution >= 0.6 is 0 Å². The maximum absolute atomic E-state index is 14.8. The first-order valence-corrected chi connectivity index (χ1v) is 12.2. The summed E-state index contributed by atoms with van der Waals surface area (Å²) >= 11 is 0. The molecule has 0 fully saturated rings. The van der Waals surface area contributed by atoms with Gasteiger partial charge in [0.1, 0.15) is 28.3 Å². The summed E-state index contributed by atoms with van der Waals surface area (Å²) in [7, 11) is 0. The Kier molecular flexibility index (Phi) is 7.18. The van der Waals surface area contributed by atoms with E-state index in [1.807, 2.05) is 0 Å². The molecule has 3 heterocycles. The van der Waals surface area contributed by atoms with Crippen molar-refractivity contribution in [1.29, 1.82) is 0 Å². The van der Waals surface area contributed by atoms with Gasteiger partial charge < -0.3 is 24.8 Å². The largest absolute Gasteiger partial charge is 0.485 e. The Morgan fingerprint density at radius 3 is 2.74 bits per heavy atom. The van der Waals surface area contributed by atoms with E-state index in [0.29, 0.717) is 11.4 Å². The number of carbonyl (C=O) groups is 2. The van der Waals surface area contributed by atoms with E-state index in [0.717, 1.165) is 6.07 Å². The summed E-state index contributed by atoms with van der Waals surface area (Å²) in [5, 5.41) is 9.91. The van der Waals surface area contributed by atoms with Crippen LogP contribution < -0.4 is 15.4 Å². The summed E-state index contributed by atoms with van der Waals surface area (Å²) in [6, 6.07) is 2.16. The number of rotatable bonds is 7. The van der Waals surface area contributed by atoms with Crippen molar-refractivity contribution in [2.75, 3.05) is 18.5 Å². The molecule has 12 heteroatoms. The number of hydrogen-bond donors (Lipinski definition) is 2. The molecule has 0 aliphatic carbocycles. The number of ether oxygens (including phenoxy) is 3. The highest BCUT2D eigenvalue weighted by Gasteiger charge is 2.40. The lowest BCUT2D eigenvalue weighted by Gasteiger charge is -2.27. The zero-order valence-corrected chi connectivity index (χ0v) is 22.1. The number of amides is 1. The van der Waals surface area contributed by atoms with E-state index in [2.05, 4.69) is 20.7 Å². The van der Waals surface area contributed by atoms with Crippen molar-refractivity contribution < 1.29 is 32.6 Å². The van der Waals surface area contributed by atoms with Crippen LogP contribution in [0.1, 0.15) is 69.1 Å². The van der Waals surface area contributed by atoms with Gasteiger partial charge in [-0.2, -0.15) is 5.10 Å². The SMILES string of the molecule is CCOC(=O)c1cnn2ccc(N[C@H](C)c3cc(F)c(F)c4c3OC(C)(CNC(=O)OC(C)(C)C)C4)nc12. The van der Waals surface area contributed by atoms with Crippen molar-refractivity contribution in [3.63, 3.8) is 0 Å². The van der Waals surface area contributed by atoms with Gasteiger partial charge in [-0.25, -0.2) is 27.9 Å². The fraction of sp³-hybridized carbons (Fsp3) is 0.462. The maximum Gasteiger partial charge on any atom is 0.407 e. The van der Waals surface area contributed by atoms with Crippen molar-refractivity contribution in [2.45, 2.75) is 65.2 Å². The van der Waals surface area contributed by atoms with Crippen molar-refractivity contribution in [2.24, 2.45) is 0 Å². The number of aromatic nitrogens is 3. The average molecular weight is 532 g/mol. The lowest BCUT2D eigenvalue weighted by atomic mass is 9.96. The number of alkyl carbamates (subject to hydrolysis) is 1. The average Bonchev–Trinajstić information content (AvgIpc) is 3.40. The molecule has 10 nitrogen and oxygen atoms in total. The number of hydrogen-bond acceptors (Lipinski definition) is 8.